The van der Waals surface area contributed by atoms with E-state index in [0.29, 0.717) is 12.8 Å². The van der Waals surface area contributed by atoms with Crippen LogP contribution in [0.2, 0.25) is 0 Å². The van der Waals surface area contributed by atoms with Crippen LogP contribution >= 0.6 is 23.2 Å². The molecule has 0 bridgehead atoms. The Hall–Kier alpha value is -3.26. The lowest BCUT2D eigenvalue weighted by atomic mass is 9.85. The Morgan fingerprint density at radius 2 is 1.66 bits per heavy atom. The second kappa shape index (κ2) is 21.6. The summed E-state index contributed by atoms with van der Waals surface area (Å²) >= 11 is 12.5. The van der Waals surface area contributed by atoms with Crippen molar-refractivity contribution in [3.8, 4) is 0 Å². The van der Waals surface area contributed by atoms with Crippen molar-refractivity contribution >= 4 is 47.0 Å². The number of carboxylic acids is 1. The molecule has 1 fully saturated rings. The zero-order valence-corrected chi connectivity index (χ0v) is 28.0. The molecule has 0 aromatic carbocycles. The molecule has 1 amide bonds. The minimum atomic E-state index is -1.89. The van der Waals surface area contributed by atoms with Gasteiger partial charge in [-0.25, -0.2) is 9.59 Å². The third-order valence-corrected chi connectivity index (χ3v) is 8.32. The van der Waals surface area contributed by atoms with E-state index in [0.717, 1.165) is 5.57 Å². The number of ether oxygens (including phenoxy) is 2. The molecule has 0 aromatic rings. The summed E-state index contributed by atoms with van der Waals surface area (Å²) in [5.74, 6) is -4.10. The van der Waals surface area contributed by atoms with Gasteiger partial charge in [0, 0.05) is 29.9 Å². The predicted octanol–water partition coefficient (Wildman–Crippen LogP) is 3.60. The van der Waals surface area contributed by atoms with Crippen LogP contribution in [0, 0.1) is 11.8 Å². The summed E-state index contributed by atoms with van der Waals surface area (Å²) in [5, 5.41) is 49.4. The van der Waals surface area contributed by atoms with E-state index < -0.39 is 84.1 Å². The second-order valence-electron chi connectivity index (χ2n) is 11.1. The van der Waals surface area contributed by atoms with Crippen molar-refractivity contribution in [2.24, 2.45) is 17.6 Å². The third kappa shape index (κ3) is 15.5. The van der Waals surface area contributed by atoms with Gasteiger partial charge in [-0.3, -0.25) is 9.59 Å². The number of esters is 1. The lowest BCUT2D eigenvalue weighted by Gasteiger charge is -2.30. The summed E-state index contributed by atoms with van der Waals surface area (Å²) in [7, 11) is 0. The molecule has 0 spiro atoms. The topological polar surface area (TPSA) is 214 Å². The Bertz CT molecular complexity index is 1240. The largest absolute Gasteiger partial charge is 0.481 e. The minimum absolute atomic E-state index is 0.0584. The van der Waals surface area contributed by atoms with E-state index in [1.54, 1.807) is 43.4 Å². The third-order valence-electron chi connectivity index (χ3n) is 7.31. The Morgan fingerprint density at radius 1 is 1.02 bits per heavy atom. The summed E-state index contributed by atoms with van der Waals surface area (Å²) in [4.78, 5) is 47.0. The number of carbonyl (C=O) groups excluding carboxylic acids is 3. The van der Waals surface area contributed by atoms with Crippen LogP contribution < -0.4 is 5.73 Å². The van der Waals surface area contributed by atoms with Gasteiger partial charge < -0.3 is 40.7 Å². The van der Waals surface area contributed by atoms with E-state index in [2.05, 4.69) is 0 Å². The number of nitrogens with two attached hydrogens (primary N) is 1. The number of halogens is 2. The lowest BCUT2D eigenvalue weighted by molar-refractivity contribution is -0.159. The number of hydrogen-bond acceptors (Lipinski definition) is 10. The molecule has 6 unspecified atom stereocenters. The number of aliphatic carboxylic acids is 1. The number of carbonyl (C=O) groups is 4. The molecule has 1 aliphatic carbocycles. The number of alkyl halides is 1. The first-order chi connectivity index (χ1) is 22.1. The van der Waals surface area contributed by atoms with Gasteiger partial charge in [0.2, 0.25) is 0 Å². The molecule has 0 aliphatic heterocycles. The molecule has 0 heterocycles. The van der Waals surface area contributed by atoms with Crippen LogP contribution in [0.3, 0.4) is 0 Å². The molecule has 9 atom stereocenters. The smallest absolute Gasteiger partial charge is 0.405 e. The highest BCUT2D eigenvalue weighted by atomic mass is 35.5. The molecule has 47 heavy (non-hydrogen) atoms. The number of hydrogen-bond donors (Lipinski definition) is 6. The monoisotopic (exact) mass is 701 g/mol. The van der Waals surface area contributed by atoms with Crippen molar-refractivity contribution in [2.45, 2.75) is 94.9 Å². The lowest BCUT2D eigenvalue weighted by Crippen LogP contribution is -2.43. The first-order valence-corrected chi connectivity index (χ1v) is 15.9. The highest BCUT2D eigenvalue weighted by Gasteiger charge is 2.36. The van der Waals surface area contributed by atoms with Crippen LogP contribution in [0.5, 0.6) is 0 Å². The SMILES string of the molecule is CC/C=C/C(OC(N)=O)C(Cl)C(O)CC(=O)C(O)C(O)C(C)/C(Cl)=C/C=C/C=C(C)/C=C/C=C/C(=O)O[C@@H]1C[C@H](C(=O)O)CC[C@@H]1O. The van der Waals surface area contributed by atoms with Gasteiger partial charge in [-0.2, -0.15) is 0 Å². The Balaban J connectivity index is 2.66. The minimum Gasteiger partial charge on any atom is -0.481 e. The first kappa shape index (κ1) is 41.8. The quantitative estimate of drug-likeness (QED) is 0.0399. The number of primary amides is 1. The van der Waals surface area contributed by atoms with E-state index in [1.807, 2.05) is 6.92 Å². The van der Waals surface area contributed by atoms with Gasteiger partial charge in [-0.15, -0.1) is 11.6 Å². The molecular weight excluding hydrogens is 657 g/mol. The molecule has 1 rings (SSSR count). The van der Waals surface area contributed by atoms with E-state index in [4.69, 9.17) is 43.5 Å². The molecule has 1 aliphatic rings. The highest BCUT2D eigenvalue weighted by molar-refractivity contribution is 6.30. The van der Waals surface area contributed by atoms with Crippen LogP contribution in [-0.4, -0.2) is 91.3 Å². The molecule has 0 saturated heterocycles. The summed E-state index contributed by atoms with van der Waals surface area (Å²) < 4.78 is 10.1. The maximum absolute atomic E-state index is 12.6. The van der Waals surface area contributed by atoms with E-state index in [1.165, 1.54) is 31.2 Å². The fourth-order valence-corrected chi connectivity index (χ4v) is 4.88. The van der Waals surface area contributed by atoms with Gasteiger partial charge in [0.1, 0.15) is 23.7 Å². The number of Topliss-reactive ketones (excluding diaryl/α,β-unsaturated/α-hetero) is 1. The summed E-state index contributed by atoms with van der Waals surface area (Å²) in [6, 6.07) is 0. The zero-order chi connectivity index (χ0) is 35.7. The normalized spacial score (nSPS) is 23.5. The summed E-state index contributed by atoms with van der Waals surface area (Å²) in [5.41, 5.74) is 5.83. The number of amides is 1. The fraction of sp³-hybridized carbons (Fsp3) is 0.515. The van der Waals surface area contributed by atoms with Crippen molar-refractivity contribution in [3.05, 3.63) is 71.4 Å². The van der Waals surface area contributed by atoms with Crippen molar-refractivity contribution in [3.63, 3.8) is 0 Å². The molecule has 1 saturated carbocycles. The molecular formula is C33H45Cl2NO11. The average molecular weight is 703 g/mol. The first-order valence-electron chi connectivity index (χ1n) is 15.1. The zero-order valence-electron chi connectivity index (χ0n) is 26.5. The fourth-order valence-electron chi connectivity index (χ4n) is 4.46. The molecule has 7 N–H and O–H groups in total. The van der Waals surface area contributed by atoms with Crippen molar-refractivity contribution < 1.29 is 54.2 Å². The average Bonchev–Trinajstić information content (AvgIpc) is 3.02. The van der Waals surface area contributed by atoms with Gasteiger partial charge in [0.25, 0.3) is 0 Å². The van der Waals surface area contributed by atoms with E-state index >= 15 is 0 Å². The van der Waals surface area contributed by atoms with E-state index in [9.17, 15) is 39.6 Å². The summed E-state index contributed by atoms with van der Waals surface area (Å²) in [6.07, 6.45) is 6.95. The summed E-state index contributed by atoms with van der Waals surface area (Å²) in [6.45, 7) is 5.12. The van der Waals surface area contributed by atoms with Crippen LogP contribution in [0.4, 0.5) is 4.79 Å². The Morgan fingerprint density at radius 3 is 2.28 bits per heavy atom. The predicted molar refractivity (Wildman–Crippen MR) is 176 cm³/mol. The maximum atomic E-state index is 12.6. The van der Waals surface area contributed by atoms with Crippen LogP contribution in [0.25, 0.3) is 0 Å². The van der Waals surface area contributed by atoms with Crippen LogP contribution in [0.15, 0.2) is 71.4 Å². The molecule has 0 aromatic heterocycles. The standard InChI is InChI=1S/C33H45Cl2NO11/c1-4-5-13-26(47-33(36)45)29(35)24(38)18-25(39)31(42)30(41)20(3)22(34)12-8-6-10-19(2)11-7-9-14-28(40)46-27-17-21(32(43)44)15-16-23(27)37/h5-14,20-21,23-24,26-27,29-31,37-38,41-42H,4,15-18H2,1-3H3,(H2,36,45)(H,43,44)/b8-6+,11-7+,13-5+,14-9+,19-10+,22-12-/t20?,21-,23+,24?,26?,27-,29?,30?,31?/m1/s1. The number of ketones is 1. The van der Waals surface area contributed by atoms with Crippen molar-refractivity contribution in [1.82, 2.24) is 0 Å². The molecule has 12 nitrogen and oxygen atoms in total. The molecule has 262 valence electrons. The van der Waals surface area contributed by atoms with Gasteiger partial charge >= 0.3 is 18.0 Å². The highest BCUT2D eigenvalue weighted by Crippen LogP contribution is 2.27. The van der Waals surface area contributed by atoms with Crippen LogP contribution in [0.1, 0.15) is 52.9 Å². The second-order valence-corrected chi connectivity index (χ2v) is 12.0. The Labute approximate surface area is 284 Å². The molecule has 0 radical (unpaired) electrons. The molecule has 14 heteroatoms. The van der Waals surface area contributed by atoms with E-state index in [-0.39, 0.29) is 17.9 Å². The number of aliphatic hydroxyl groups excluding tert-OH is 4. The number of aliphatic hydroxyl groups is 4. The van der Waals surface area contributed by atoms with Gasteiger partial charge in [0.05, 0.1) is 24.2 Å². The number of rotatable bonds is 18. The maximum Gasteiger partial charge on any atom is 0.405 e. The van der Waals surface area contributed by atoms with Gasteiger partial charge in [-0.1, -0.05) is 73.6 Å². The number of carboxylic acid groups (broad SMARTS) is 1. The Kier molecular flexibility index (Phi) is 19.2. The van der Waals surface area contributed by atoms with Crippen molar-refractivity contribution in [1.29, 1.82) is 0 Å². The van der Waals surface area contributed by atoms with Gasteiger partial charge in [-0.05, 0) is 38.3 Å². The number of allylic oxidation sites excluding steroid dienone is 9. The van der Waals surface area contributed by atoms with Crippen molar-refractivity contribution in [2.75, 3.05) is 0 Å². The van der Waals surface area contributed by atoms with Crippen LogP contribution in [-0.2, 0) is 23.9 Å². The van der Waals surface area contributed by atoms with Gasteiger partial charge in [0.15, 0.2) is 5.78 Å².